The van der Waals surface area contributed by atoms with Gasteiger partial charge in [0.1, 0.15) is 0 Å². The Kier molecular flexibility index (Phi) is 1.66. The predicted octanol–water partition coefficient (Wildman–Crippen LogP) is 2.40. The normalized spacial score (nSPS) is 18.3. The van der Waals surface area contributed by atoms with Crippen LogP contribution < -0.4 is 0 Å². The highest BCUT2D eigenvalue weighted by atomic mass is 79.9. The Morgan fingerprint density at radius 3 is 2.83 bits per heavy atom. The number of halogens is 1. The smallest absolute Gasteiger partial charge is 0.0849 e. The lowest BCUT2D eigenvalue weighted by Crippen LogP contribution is -2.03. The van der Waals surface area contributed by atoms with Gasteiger partial charge in [0.15, 0.2) is 0 Å². The number of hydrogen-bond acceptors (Lipinski definition) is 2. The topological polar surface area (TPSA) is 36.7 Å². The third-order valence-electron chi connectivity index (χ3n) is 2.25. The lowest BCUT2D eigenvalue weighted by atomic mass is 10.0. The van der Waals surface area contributed by atoms with Gasteiger partial charge < -0.3 is 0 Å². The molecule has 1 heterocycles. The van der Waals surface area contributed by atoms with Crippen molar-refractivity contribution in [2.75, 3.05) is 0 Å². The van der Waals surface area contributed by atoms with Crippen molar-refractivity contribution in [3.63, 3.8) is 0 Å². The molecule has 2 nitrogen and oxygen atoms in total. The average molecular weight is 223 g/mol. The Labute approximate surface area is 79.4 Å². The molecule has 1 fully saturated rings. The van der Waals surface area contributed by atoms with Crippen LogP contribution in [0.1, 0.15) is 18.4 Å². The van der Waals surface area contributed by atoms with Crippen molar-refractivity contribution < 1.29 is 0 Å². The number of nitriles is 1. The lowest BCUT2D eigenvalue weighted by molar-refractivity contribution is 0.889. The predicted molar refractivity (Wildman–Crippen MR) is 48.5 cm³/mol. The van der Waals surface area contributed by atoms with Crippen LogP contribution in [0, 0.1) is 11.3 Å². The fourth-order valence-electron chi connectivity index (χ4n) is 1.30. The minimum atomic E-state index is -0.229. The Bertz CT molecular complexity index is 350. The zero-order valence-electron chi connectivity index (χ0n) is 6.42. The maximum atomic E-state index is 8.94. The van der Waals surface area contributed by atoms with Gasteiger partial charge in [0.2, 0.25) is 0 Å². The summed E-state index contributed by atoms with van der Waals surface area (Å²) in [6.45, 7) is 0. The first-order valence-electron chi connectivity index (χ1n) is 3.80. The molecule has 0 aromatic carbocycles. The van der Waals surface area contributed by atoms with Crippen molar-refractivity contribution in [2.45, 2.75) is 18.3 Å². The first-order valence-corrected chi connectivity index (χ1v) is 4.59. The van der Waals surface area contributed by atoms with Gasteiger partial charge in [-0.1, -0.05) is 15.9 Å². The van der Waals surface area contributed by atoms with Gasteiger partial charge >= 0.3 is 0 Å². The van der Waals surface area contributed by atoms with Crippen LogP contribution in [0.5, 0.6) is 0 Å². The molecule has 0 saturated heterocycles. The van der Waals surface area contributed by atoms with Crippen molar-refractivity contribution in [1.29, 1.82) is 5.26 Å². The Hall–Kier alpha value is -0.880. The van der Waals surface area contributed by atoms with Crippen molar-refractivity contribution in [1.82, 2.24) is 4.98 Å². The van der Waals surface area contributed by atoms with E-state index in [-0.39, 0.29) is 5.41 Å². The molecule has 1 aliphatic rings. The second-order valence-corrected chi connectivity index (χ2v) is 3.90. The van der Waals surface area contributed by atoms with Crippen molar-refractivity contribution >= 4 is 15.9 Å². The van der Waals surface area contributed by atoms with Crippen LogP contribution in [0.2, 0.25) is 0 Å². The van der Waals surface area contributed by atoms with Crippen LogP contribution in [0.15, 0.2) is 22.9 Å². The van der Waals surface area contributed by atoms with Crippen molar-refractivity contribution in [2.24, 2.45) is 0 Å². The van der Waals surface area contributed by atoms with Crippen molar-refractivity contribution in [3.8, 4) is 6.07 Å². The van der Waals surface area contributed by atoms with Crippen LogP contribution in [-0.2, 0) is 5.41 Å². The fourth-order valence-corrected chi connectivity index (χ4v) is 1.90. The third-order valence-corrected chi connectivity index (χ3v) is 2.94. The minimum absolute atomic E-state index is 0.229. The van der Waals surface area contributed by atoms with Gasteiger partial charge in [-0.25, -0.2) is 0 Å². The summed E-state index contributed by atoms with van der Waals surface area (Å²) >= 11 is 3.42. The number of aromatic nitrogens is 1. The lowest BCUT2D eigenvalue weighted by Gasteiger charge is -2.06. The van der Waals surface area contributed by atoms with Crippen LogP contribution >= 0.6 is 15.9 Å². The number of rotatable bonds is 1. The SMILES string of the molecule is N#CC1(c2cnccc2Br)CC1. The molecule has 1 aromatic rings. The van der Waals surface area contributed by atoms with E-state index in [1.54, 1.807) is 12.4 Å². The van der Waals surface area contributed by atoms with E-state index in [4.69, 9.17) is 5.26 Å². The van der Waals surface area contributed by atoms with E-state index in [0.717, 1.165) is 22.9 Å². The molecule has 0 radical (unpaired) electrons. The Morgan fingerprint density at radius 1 is 1.58 bits per heavy atom. The molecule has 1 aliphatic carbocycles. The summed E-state index contributed by atoms with van der Waals surface area (Å²) in [7, 11) is 0. The van der Waals surface area contributed by atoms with Gasteiger partial charge in [0.05, 0.1) is 11.5 Å². The second-order valence-electron chi connectivity index (χ2n) is 3.05. The van der Waals surface area contributed by atoms with E-state index in [1.807, 2.05) is 6.07 Å². The summed E-state index contributed by atoms with van der Waals surface area (Å²) in [5, 5.41) is 8.94. The summed E-state index contributed by atoms with van der Waals surface area (Å²) in [5.41, 5.74) is 0.806. The summed E-state index contributed by atoms with van der Waals surface area (Å²) in [6, 6.07) is 4.22. The van der Waals surface area contributed by atoms with Crippen LogP contribution in [0.25, 0.3) is 0 Å². The molecule has 0 unspecified atom stereocenters. The van der Waals surface area contributed by atoms with Gasteiger partial charge in [-0.2, -0.15) is 5.26 Å². The van der Waals surface area contributed by atoms with Crippen molar-refractivity contribution in [3.05, 3.63) is 28.5 Å². The first-order chi connectivity index (χ1) is 5.78. The van der Waals surface area contributed by atoms with Crippen LogP contribution in [0.4, 0.5) is 0 Å². The van der Waals surface area contributed by atoms with E-state index >= 15 is 0 Å². The summed E-state index contributed by atoms with van der Waals surface area (Å²) in [5.74, 6) is 0. The summed E-state index contributed by atoms with van der Waals surface area (Å²) in [6.07, 6.45) is 5.43. The monoisotopic (exact) mass is 222 g/mol. The van der Waals surface area contributed by atoms with Gasteiger partial charge in [-0.15, -0.1) is 0 Å². The standard InChI is InChI=1S/C9H7BrN2/c10-8-1-4-12-5-7(8)9(6-11)2-3-9/h1,4-5H,2-3H2. The number of nitrogens with zero attached hydrogens (tertiary/aromatic N) is 2. The van der Waals surface area contributed by atoms with E-state index in [1.165, 1.54) is 0 Å². The highest BCUT2D eigenvalue weighted by molar-refractivity contribution is 9.10. The third kappa shape index (κ3) is 1.03. The van der Waals surface area contributed by atoms with Gasteiger partial charge in [-0.3, -0.25) is 4.98 Å². The Balaban J connectivity index is 2.48. The molecule has 12 heavy (non-hydrogen) atoms. The summed E-state index contributed by atoms with van der Waals surface area (Å²) in [4.78, 5) is 4.02. The van der Waals surface area contributed by atoms with Crippen LogP contribution in [-0.4, -0.2) is 4.98 Å². The van der Waals surface area contributed by atoms with Gasteiger partial charge in [0.25, 0.3) is 0 Å². The fraction of sp³-hybridized carbons (Fsp3) is 0.333. The molecular formula is C9H7BrN2. The van der Waals surface area contributed by atoms with E-state index in [2.05, 4.69) is 27.0 Å². The zero-order chi connectivity index (χ0) is 8.60. The Morgan fingerprint density at radius 2 is 2.33 bits per heavy atom. The molecule has 0 amide bonds. The van der Waals surface area contributed by atoms with E-state index in [9.17, 15) is 0 Å². The number of pyridine rings is 1. The summed E-state index contributed by atoms with van der Waals surface area (Å²) < 4.78 is 0.997. The highest BCUT2D eigenvalue weighted by Gasteiger charge is 2.46. The average Bonchev–Trinajstić information content (AvgIpc) is 2.86. The molecule has 0 spiro atoms. The van der Waals surface area contributed by atoms with Gasteiger partial charge in [-0.05, 0) is 18.9 Å². The first kappa shape index (κ1) is 7.75. The molecule has 0 aliphatic heterocycles. The molecule has 3 heteroatoms. The number of hydrogen-bond donors (Lipinski definition) is 0. The largest absolute Gasteiger partial charge is 0.264 e. The van der Waals surface area contributed by atoms with Gasteiger partial charge in [0, 0.05) is 22.4 Å². The molecule has 60 valence electrons. The van der Waals surface area contributed by atoms with E-state index in [0.29, 0.717) is 0 Å². The van der Waals surface area contributed by atoms with E-state index < -0.39 is 0 Å². The molecule has 0 N–H and O–H groups in total. The molecule has 0 atom stereocenters. The van der Waals surface area contributed by atoms with Crippen LogP contribution in [0.3, 0.4) is 0 Å². The minimum Gasteiger partial charge on any atom is -0.264 e. The quantitative estimate of drug-likeness (QED) is 0.732. The molecule has 1 aromatic heterocycles. The maximum Gasteiger partial charge on any atom is 0.0849 e. The molecule has 2 rings (SSSR count). The zero-order valence-corrected chi connectivity index (χ0v) is 8.00. The second kappa shape index (κ2) is 2.56. The maximum absolute atomic E-state index is 8.94. The molecule has 0 bridgehead atoms. The molecule has 1 saturated carbocycles. The highest BCUT2D eigenvalue weighted by Crippen LogP contribution is 2.49. The molecular weight excluding hydrogens is 216 g/mol.